The van der Waals surface area contributed by atoms with E-state index in [9.17, 15) is 31.1 Å². The van der Waals surface area contributed by atoms with Gasteiger partial charge in [0.05, 0.1) is 6.04 Å². The maximum absolute atomic E-state index is 14.8. The van der Waals surface area contributed by atoms with Gasteiger partial charge < -0.3 is 16.0 Å². The third-order valence-corrected chi connectivity index (χ3v) is 5.18. The number of benzene rings is 1. The molecule has 11 heteroatoms. The van der Waals surface area contributed by atoms with Crippen molar-refractivity contribution >= 4 is 11.7 Å². The standard InChI is InChI=1S/C20H20F6N4O/c21-13-4-1-5-28-18(13)29-10-12-3-2-6-30(12)19(31)20(25,26)17(27)8-11-7-15(23)16(24)9-14(11)22/h1,4-5,7,9,12,17H,2-3,6,8,10,27H2,(H,28,29)/t12-,17?/m0/s1. The van der Waals surface area contributed by atoms with Crippen LogP contribution in [0.25, 0.3) is 0 Å². The number of carbonyl (C=O) groups excluding carboxylic acids is 1. The smallest absolute Gasteiger partial charge is 0.339 e. The molecule has 0 spiro atoms. The van der Waals surface area contributed by atoms with E-state index in [-0.39, 0.29) is 25.0 Å². The van der Waals surface area contributed by atoms with Crippen molar-refractivity contribution in [2.24, 2.45) is 5.73 Å². The lowest BCUT2D eigenvalue weighted by atomic mass is 9.99. The normalized spacial score (nSPS) is 17.6. The highest BCUT2D eigenvalue weighted by Gasteiger charge is 2.50. The van der Waals surface area contributed by atoms with Gasteiger partial charge in [-0.25, -0.2) is 22.5 Å². The number of nitrogens with zero attached hydrogens (tertiary/aromatic N) is 2. The van der Waals surface area contributed by atoms with Crippen molar-refractivity contribution in [3.8, 4) is 0 Å². The lowest BCUT2D eigenvalue weighted by Gasteiger charge is -2.31. The summed E-state index contributed by atoms with van der Waals surface area (Å²) in [4.78, 5) is 17.3. The van der Waals surface area contributed by atoms with E-state index in [1.807, 2.05) is 0 Å². The number of carbonyl (C=O) groups is 1. The average molecular weight is 446 g/mol. The molecule has 1 aliphatic heterocycles. The van der Waals surface area contributed by atoms with Crippen LogP contribution in [0.15, 0.2) is 30.5 Å². The highest BCUT2D eigenvalue weighted by molar-refractivity contribution is 5.85. The molecule has 1 unspecified atom stereocenters. The first kappa shape index (κ1) is 22.9. The Labute approximate surface area is 174 Å². The molecule has 168 valence electrons. The van der Waals surface area contributed by atoms with E-state index in [1.54, 1.807) is 0 Å². The molecule has 1 amide bonds. The Morgan fingerprint density at radius 1 is 1.19 bits per heavy atom. The van der Waals surface area contributed by atoms with Crippen molar-refractivity contribution < 1.29 is 31.1 Å². The summed E-state index contributed by atoms with van der Waals surface area (Å²) in [5.41, 5.74) is 4.92. The highest BCUT2D eigenvalue weighted by Crippen LogP contribution is 2.29. The molecule has 0 aliphatic carbocycles. The number of pyridine rings is 1. The van der Waals surface area contributed by atoms with Gasteiger partial charge >= 0.3 is 5.92 Å². The predicted octanol–water partition coefficient (Wildman–Crippen LogP) is 3.25. The minimum Gasteiger partial charge on any atom is -0.366 e. The van der Waals surface area contributed by atoms with Crippen LogP contribution in [0.3, 0.4) is 0 Å². The zero-order chi connectivity index (χ0) is 22.8. The van der Waals surface area contributed by atoms with Gasteiger partial charge in [-0.3, -0.25) is 4.79 Å². The van der Waals surface area contributed by atoms with Gasteiger partial charge in [-0.15, -0.1) is 0 Å². The van der Waals surface area contributed by atoms with Gasteiger partial charge in [0.1, 0.15) is 5.82 Å². The summed E-state index contributed by atoms with van der Waals surface area (Å²) < 4.78 is 83.4. The van der Waals surface area contributed by atoms with Gasteiger partial charge in [-0.05, 0) is 43.0 Å². The van der Waals surface area contributed by atoms with E-state index in [0.717, 1.165) is 4.90 Å². The number of amides is 1. The number of likely N-dealkylation sites (tertiary alicyclic amines) is 1. The molecule has 1 fully saturated rings. The molecule has 1 saturated heterocycles. The maximum Gasteiger partial charge on any atom is 0.339 e. The summed E-state index contributed by atoms with van der Waals surface area (Å²) in [6.07, 6.45) is 1.33. The van der Waals surface area contributed by atoms with Crippen LogP contribution in [-0.2, 0) is 11.2 Å². The van der Waals surface area contributed by atoms with E-state index in [4.69, 9.17) is 5.73 Å². The number of rotatable bonds is 7. The van der Waals surface area contributed by atoms with Crippen LogP contribution < -0.4 is 11.1 Å². The number of alkyl halides is 2. The zero-order valence-corrected chi connectivity index (χ0v) is 16.2. The van der Waals surface area contributed by atoms with Gasteiger partial charge in [0.2, 0.25) is 0 Å². The molecule has 3 rings (SSSR count). The van der Waals surface area contributed by atoms with Crippen LogP contribution in [0, 0.1) is 23.3 Å². The monoisotopic (exact) mass is 446 g/mol. The van der Waals surface area contributed by atoms with E-state index in [0.29, 0.717) is 18.9 Å². The number of nitrogens with one attached hydrogen (secondary N) is 1. The van der Waals surface area contributed by atoms with Crippen molar-refractivity contribution in [1.82, 2.24) is 9.88 Å². The minimum atomic E-state index is -4.09. The average Bonchev–Trinajstić information content (AvgIpc) is 3.19. The van der Waals surface area contributed by atoms with Crippen LogP contribution in [-0.4, -0.2) is 46.9 Å². The molecule has 1 aromatic carbocycles. The Balaban J connectivity index is 1.69. The molecule has 2 atom stereocenters. The number of hydrogen-bond acceptors (Lipinski definition) is 4. The lowest BCUT2D eigenvalue weighted by Crippen LogP contribution is -2.56. The molecule has 0 bridgehead atoms. The number of nitrogens with two attached hydrogens (primary N) is 1. The summed E-state index contributed by atoms with van der Waals surface area (Å²) in [7, 11) is 0. The fourth-order valence-corrected chi connectivity index (χ4v) is 3.48. The number of halogens is 6. The SMILES string of the molecule is NC(Cc1cc(F)c(F)cc1F)C(F)(F)C(=O)N1CCC[C@H]1CNc1ncccc1F. The second-order valence-electron chi connectivity index (χ2n) is 7.30. The molecule has 31 heavy (non-hydrogen) atoms. The van der Waals surface area contributed by atoms with Crippen molar-refractivity contribution in [3.05, 3.63) is 59.3 Å². The number of anilines is 1. The summed E-state index contributed by atoms with van der Waals surface area (Å²) in [5, 5.41) is 2.70. The Morgan fingerprint density at radius 2 is 1.90 bits per heavy atom. The van der Waals surface area contributed by atoms with Crippen molar-refractivity contribution in [2.45, 2.75) is 37.3 Å². The Morgan fingerprint density at radius 3 is 2.61 bits per heavy atom. The minimum absolute atomic E-state index is 0.0111. The topological polar surface area (TPSA) is 71.2 Å². The molecular formula is C20H20F6N4O. The van der Waals surface area contributed by atoms with E-state index in [1.165, 1.54) is 18.3 Å². The fraction of sp³-hybridized carbons (Fsp3) is 0.400. The molecule has 3 N–H and O–H groups in total. The van der Waals surface area contributed by atoms with Gasteiger partial charge in [-0.1, -0.05) is 0 Å². The first-order valence-electron chi connectivity index (χ1n) is 9.53. The predicted molar refractivity (Wildman–Crippen MR) is 100 cm³/mol. The summed E-state index contributed by atoms with van der Waals surface area (Å²) in [5.74, 6) is -10.5. The second-order valence-corrected chi connectivity index (χ2v) is 7.30. The lowest BCUT2D eigenvalue weighted by molar-refractivity contribution is -0.161. The molecule has 2 aromatic rings. The Bertz CT molecular complexity index is 957. The van der Waals surface area contributed by atoms with Crippen LogP contribution >= 0.6 is 0 Å². The third kappa shape index (κ3) is 4.92. The third-order valence-electron chi connectivity index (χ3n) is 5.18. The fourth-order valence-electron chi connectivity index (χ4n) is 3.48. The summed E-state index contributed by atoms with van der Waals surface area (Å²) in [6.45, 7) is 0.0283. The molecule has 2 heterocycles. The first-order chi connectivity index (χ1) is 14.6. The molecule has 1 aromatic heterocycles. The van der Waals surface area contributed by atoms with Gasteiger partial charge in [0.25, 0.3) is 5.91 Å². The van der Waals surface area contributed by atoms with Crippen LogP contribution in [0.5, 0.6) is 0 Å². The molecule has 1 aliphatic rings. The van der Waals surface area contributed by atoms with Crippen molar-refractivity contribution in [1.29, 1.82) is 0 Å². The summed E-state index contributed by atoms with van der Waals surface area (Å²) >= 11 is 0. The second kappa shape index (κ2) is 9.13. The maximum atomic E-state index is 14.8. The van der Waals surface area contributed by atoms with E-state index in [2.05, 4.69) is 10.3 Å². The molecule has 0 saturated carbocycles. The van der Waals surface area contributed by atoms with E-state index < -0.39 is 59.2 Å². The quantitative estimate of drug-likeness (QED) is 0.506. The van der Waals surface area contributed by atoms with Crippen LogP contribution in [0.4, 0.5) is 32.2 Å². The van der Waals surface area contributed by atoms with Gasteiger partial charge in [0.15, 0.2) is 23.3 Å². The van der Waals surface area contributed by atoms with Crippen molar-refractivity contribution in [3.63, 3.8) is 0 Å². The van der Waals surface area contributed by atoms with Crippen LogP contribution in [0.1, 0.15) is 18.4 Å². The Hall–Kier alpha value is -2.82. The Kier molecular flexibility index (Phi) is 6.73. The zero-order valence-electron chi connectivity index (χ0n) is 16.2. The van der Waals surface area contributed by atoms with Crippen molar-refractivity contribution in [2.75, 3.05) is 18.4 Å². The van der Waals surface area contributed by atoms with E-state index >= 15 is 0 Å². The number of hydrogen-bond donors (Lipinski definition) is 2. The summed E-state index contributed by atoms with van der Waals surface area (Å²) in [6, 6.07) is 0.417. The largest absolute Gasteiger partial charge is 0.366 e. The van der Waals surface area contributed by atoms with Crippen LogP contribution in [0.2, 0.25) is 0 Å². The van der Waals surface area contributed by atoms with Gasteiger partial charge in [0, 0.05) is 31.4 Å². The number of aromatic nitrogens is 1. The molecule has 5 nitrogen and oxygen atoms in total. The van der Waals surface area contributed by atoms with Gasteiger partial charge in [-0.2, -0.15) is 8.78 Å². The highest BCUT2D eigenvalue weighted by atomic mass is 19.3. The molecule has 0 radical (unpaired) electrons. The molecular weight excluding hydrogens is 426 g/mol. The first-order valence-corrected chi connectivity index (χ1v) is 9.53.